The van der Waals surface area contributed by atoms with Gasteiger partial charge >= 0.3 is 0 Å². The van der Waals surface area contributed by atoms with E-state index in [2.05, 4.69) is 40.7 Å². The van der Waals surface area contributed by atoms with Crippen molar-refractivity contribution in [1.82, 2.24) is 0 Å². The van der Waals surface area contributed by atoms with Crippen LogP contribution >= 0.6 is 0 Å². The lowest BCUT2D eigenvalue weighted by Gasteiger charge is -2.43. The van der Waals surface area contributed by atoms with Crippen LogP contribution in [0.5, 0.6) is 0 Å². The summed E-state index contributed by atoms with van der Waals surface area (Å²) in [6.45, 7) is 13.7. The highest BCUT2D eigenvalue weighted by molar-refractivity contribution is 5.29. The van der Waals surface area contributed by atoms with Crippen LogP contribution in [-0.2, 0) is 0 Å². The van der Waals surface area contributed by atoms with Crippen molar-refractivity contribution < 1.29 is 0 Å². The van der Waals surface area contributed by atoms with Crippen LogP contribution in [0.3, 0.4) is 0 Å². The second kappa shape index (κ2) is 12.7. The number of hydrogen-bond donors (Lipinski definition) is 0. The van der Waals surface area contributed by atoms with E-state index in [1.54, 1.807) is 32.1 Å². The summed E-state index contributed by atoms with van der Waals surface area (Å²) in [4.78, 5) is 0. The predicted molar refractivity (Wildman–Crippen MR) is 185 cm³/mol. The molecule has 0 aromatic heterocycles. The van der Waals surface area contributed by atoms with Gasteiger partial charge in [0.05, 0.1) is 0 Å². The van der Waals surface area contributed by atoms with Crippen molar-refractivity contribution >= 4 is 0 Å². The van der Waals surface area contributed by atoms with Crippen LogP contribution in [0.25, 0.3) is 0 Å². The van der Waals surface area contributed by atoms with Gasteiger partial charge in [-0.2, -0.15) is 0 Å². The van der Waals surface area contributed by atoms with Gasteiger partial charge in [0, 0.05) is 0 Å². The molecule has 7 aliphatic carbocycles. The molecule has 6 saturated carbocycles. The average molecular weight is 589 g/mol. The number of fused-ring (bicyclic) bond motifs is 1. The van der Waals surface area contributed by atoms with E-state index in [1.807, 2.05) is 5.57 Å². The van der Waals surface area contributed by atoms with Crippen LogP contribution in [0.15, 0.2) is 11.6 Å². The van der Waals surface area contributed by atoms with Crippen molar-refractivity contribution in [2.75, 3.05) is 0 Å². The Morgan fingerprint density at radius 3 is 2.09 bits per heavy atom. The summed E-state index contributed by atoms with van der Waals surface area (Å²) >= 11 is 0. The minimum absolute atomic E-state index is 0.554. The fraction of sp³-hybridized carbons (Fsp3) is 0.953. The Hall–Kier alpha value is -0.260. The average Bonchev–Trinajstić information content (AvgIpc) is 3.93. The van der Waals surface area contributed by atoms with Crippen LogP contribution < -0.4 is 0 Å². The Morgan fingerprint density at radius 2 is 1.35 bits per heavy atom. The highest BCUT2D eigenvalue weighted by atomic mass is 14.8. The van der Waals surface area contributed by atoms with Crippen LogP contribution in [0.1, 0.15) is 176 Å². The van der Waals surface area contributed by atoms with E-state index >= 15 is 0 Å². The van der Waals surface area contributed by atoms with E-state index in [1.165, 1.54) is 109 Å². The zero-order chi connectivity index (χ0) is 29.8. The van der Waals surface area contributed by atoms with Gasteiger partial charge in [-0.1, -0.05) is 136 Å². The van der Waals surface area contributed by atoms with Crippen LogP contribution in [0.2, 0.25) is 0 Å². The molecule has 0 nitrogen and oxygen atoms in total. The molecule has 0 N–H and O–H groups in total. The lowest BCUT2D eigenvalue weighted by atomic mass is 9.62. The van der Waals surface area contributed by atoms with Gasteiger partial charge in [-0.3, -0.25) is 0 Å². The summed E-state index contributed by atoms with van der Waals surface area (Å²) in [7, 11) is 0. The standard InChI is InChI=1S/C43H72/c1-29-17-12-9-11-14-25-42(5,32(4)37-27-31(37)3)41-40-34-24-23-33(28-34)39-35-18-13-8-6-7-10-15-26-43(40,41)38(30(2)22-21-29)20-16-19-36(35)39/h23,29-32,34-41H,6-22,24-28H2,1-5H3. The molecule has 0 amide bonds. The molecule has 0 heteroatoms. The molecular formula is C43H72. The van der Waals surface area contributed by atoms with Gasteiger partial charge in [0.2, 0.25) is 0 Å². The summed E-state index contributed by atoms with van der Waals surface area (Å²) in [5.74, 6) is 11.9. The molecule has 43 heavy (non-hydrogen) atoms. The predicted octanol–water partition coefficient (Wildman–Crippen LogP) is 13.1. The topological polar surface area (TPSA) is 0 Å². The third-order valence-electron chi connectivity index (χ3n) is 16.6. The van der Waals surface area contributed by atoms with Gasteiger partial charge in [0.1, 0.15) is 0 Å². The Morgan fingerprint density at radius 1 is 0.698 bits per heavy atom. The Kier molecular flexibility index (Phi) is 9.29. The smallest absolute Gasteiger partial charge is 0.0141 e. The van der Waals surface area contributed by atoms with Crippen molar-refractivity contribution in [3.63, 3.8) is 0 Å². The molecular weight excluding hydrogens is 516 g/mol. The SMILES string of the molecule is CC1CCCCCCC(C)(C(C)C2CC2C)C2C3C4CC=C(C4)C4C5CCCCCCCCC32C(CCCC54)C(C)CC1. The second-order valence-electron chi connectivity index (χ2n) is 18.9. The second-order valence-corrected chi connectivity index (χ2v) is 18.9. The van der Waals surface area contributed by atoms with Crippen LogP contribution in [0.4, 0.5) is 0 Å². The largest absolute Gasteiger partial charge is 0.0847 e. The minimum atomic E-state index is 0.554. The van der Waals surface area contributed by atoms with E-state index in [4.69, 9.17) is 0 Å². The van der Waals surface area contributed by atoms with E-state index in [0.717, 1.165) is 71.0 Å². The molecule has 14 atom stereocenters. The van der Waals surface area contributed by atoms with Gasteiger partial charge < -0.3 is 0 Å². The van der Waals surface area contributed by atoms with E-state index < -0.39 is 0 Å². The Balaban J connectivity index is 1.30. The quantitative estimate of drug-likeness (QED) is 0.281. The molecule has 0 saturated heterocycles. The molecule has 244 valence electrons. The van der Waals surface area contributed by atoms with Crippen molar-refractivity contribution in [3.8, 4) is 0 Å². The van der Waals surface area contributed by atoms with Crippen molar-refractivity contribution in [1.29, 1.82) is 0 Å². The van der Waals surface area contributed by atoms with E-state index in [9.17, 15) is 0 Å². The summed E-state index contributed by atoms with van der Waals surface area (Å²) in [6, 6.07) is 0. The molecule has 0 aromatic rings. The normalized spacial score (nSPS) is 51.7. The molecule has 14 unspecified atom stereocenters. The van der Waals surface area contributed by atoms with E-state index in [-0.39, 0.29) is 0 Å². The molecule has 0 radical (unpaired) electrons. The zero-order valence-corrected chi connectivity index (χ0v) is 29.6. The molecule has 0 aromatic carbocycles. The first-order valence-corrected chi connectivity index (χ1v) is 20.5. The van der Waals surface area contributed by atoms with Crippen LogP contribution in [0, 0.1) is 81.8 Å². The molecule has 7 aliphatic rings. The first-order valence-electron chi connectivity index (χ1n) is 20.5. The third kappa shape index (κ3) is 5.90. The highest BCUT2D eigenvalue weighted by Crippen LogP contribution is 2.80. The molecule has 6 fully saturated rings. The summed E-state index contributed by atoms with van der Waals surface area (Å²) in [5, 5.41) is 0. The monoisotopic (exact) mass is 589 g/mol. The van der Waals surface area contributed by atoms with Gasteiger partial charge in [0.15, 0.2) is 0 Å². The van der Waals surface area contributed by atoms with Gasteiger partial charge in [0.25, 0.3) is 0 Å². The molecule has 7 rings (SSSR count). The van der Waals surface area contributed by atoms with Gasteiger partial charge in [-0.05, 0) is 133 Å². The van der Waals surface area contributed by atoms with Gasteiger partial charge in [-0.15, -0.1) is 0 Å². The Bertz CT molecular complexity index is 975. The maximum absolute atomic E-state index is 2.91. The molecule has 0 aliphatic heterocycles. The highest BCUT2D eigenvalue weighted by Gasteiger charge is 2.75. The number of allylic oxidation sites excluding steroid dienone is 2. The lowest BCUT2D eigenvalue weighted by molar-refractivity contribution is 0.0580. The fourth-order valence-corrected chi connectivity index (χ4v) is 13.9. The fourth-order valence-electron chi connectivity index (χ4n) is 13.9. The van der Waals surface area contributed by atoms with Crippen molar-refractivity contribution in [2.24, 2.45) is 81.8 Å². The Labute approximate surface area is 268 Å². The summed E-state index contributed by atoms with van der Waals surface area (Å²) in [6.07, 6.45) is 36.4. The van der Waals surface area contributed by atoms with Gasteiger partial charge in [-0.25, -0.2) is 0 Å². The molecule has 1 spiro atoms. The maximum Gasteiger partial charge on any atom is -0.0141 e. The number of hydrogen-bond acceptors (Lipinski definition) is 0. The minimum Gasteiger partial charge on any atom is -0.0847 e. The van der Waals surface area contributed by atoms with Crippen molar-refractivity contribution in [3.05, 3.63) is 11.6 Å². The third-order valence-corrected chi connectivity index (χ3v) is 16.6. The van der Waals surface area contributed by atoms with E-state index in [0.29, 0.717) is 10.8 Å². The molecule has 0 heterocycles. The summed E-state index contributed by atoms with van der Waals surface area (Å²) < 4.78 is 0. The first kappa shape index (κ1) is 31.3. The summed E-state index contributed by atoms with van der Waals surface area (Å²) in [5.41, 5.74) is 3.19. The lowest BCUT2D eigenvalue weighted by Crippen LogP contribution is -2.36. The van der Waals surface area contributed by atoms with Crippen molar-refractivity contribution in [2.45, 2.75) is 176 Å². The van der Waals surface area contributed by atoms with Crippen LogP contribution in [-0.4, -0.2) is 0 Å². The zero-order valence-electron chi connectivity index (χ0n) is 29.6. The maximum atomic E-state index is 2.91. The number of rotatable bonds is 2. The molecule has 4 bridgehead atoms. The first-order chi connectivity index (χ1) is 20.9.